The number of methoxy groups -OCH3 is 1. The highest BCUT2D eigenvalue weighted by atomic mass is 16.5. The van der Waals surface area contributed by atoms with Crippen molar-refractivity contribution in [3.8, 4) is 17.5 Å². The second-order valence-corrected chi connectivity index (χ2v) is 5.78. The van der Waals surface area contributed by atoms with Gasteiger partial charge in [-0.2, -0.15) is 5.10 Å². The molecule has 1 N–H and O–H groups in total. The van der Waals surface area contributed by atoms with Crippen LogP contribution >= 0.6 is 0 Å². The Morgan fingerprint density at radius 2 is 2.15 bits per heavy atom. The molecular weight excluding hydrogens is 340 g/mol. The van der Waals surface area contributed by atoms with Crippen LogP contribution in [0.3, 0.4) is 0 Å². The van der Waals surface area contributed by atoms with Crippen LogP contribution < -0.4 is 5.32 Å². The summed E-state index contributed by atoms with van der Waals surface area (Å²) < 4.78 is 6.72. The highest BCUT2D eigenvalue weighted by Crippen LogP contribution is 2.16. The van der Waals surface area contributed by atoms with Crippen LogP contribution in [0.25, 0.3) is 5.69 Å². The zero-order valence-corrected chi connectivity index (χ0v) is 15.1. The topological polar surface area (TPSA) is 69.0 Å². The molecule has 2 heterocycles. The SMILES string of the molecule is COCCCNC(=O)c1ccc(-n2cccn2)c(C#Cc2cccnc2)c1. The van der Waals surface area contributed by atoms with Crippen molar-refractivity contribution < 1.29 is 9.53 Å². The van der Waals surface area contributed by atoms with E-state index in [-0.39, 0.29) is 5.91 Å². The van der Waals surface area contributed by atoms with Crippen LogP contribution in [0.15, 0.2) is 61.2 Å². The number of aromatic nitrogens is 3. The molecule has 1 amide bonds. The molecule has 0 saturated heterocycles. The standard InChI is InChI=1S/C21H20N4O2/c1-27-14-4-11-23-21(26)19-8-9-20(25-13-3-12-24-25)18(15-19)7-6-17-5-2-10-22-16-17/h2-3,5,8-10,12-13,15-16H,4,11,14H2,1H3,(H,23,26). The first-order valence-corrected chi connectivity index (χ1v) is 8.61. The van der Waals surface area contributed by atoms with E-state index < -0.39 is 0 Å². The molecular formula is C21H20N4O2. The lowest BCUT2D eigenvalue weighted by Gasteiger charge is -2.09. The Balaban J connectivity index is 1.88. The van der Waals surface area contributed by atoms with Gasteiger partial charge in [-0.25, -0.2) is 4.68 Å². The molecule has 3 rings (SSSR count). The summed E-state index contributed by atoms with van der Waals surface area (Å²) in [6.45, 7) is 1.17. The first-order chi connectivity index (χ1) is 13.3. The number of rotatable bonds is 6. The third-order valence-electron chi connectivity index (χ3n) is 3.82. The molecule has 0 aliphatic carbocycles. The van der Waals surface area contributed by atoms with E-state index in [4.69, 9.17) is 4.74 Å². The van der Waals surface area contributed by atoms with E-state index in [0.29, 0.717) is 24.3 Å². The van der Waals surface area contributed by atoms with Gasteiger partial charge >= 0.3 is 0 Å². The Morgan fingerprint density at radius 1 is 1.22 bits per heavy atom. The van der Waals surface area contributed by atoms with Gasteiger partial charge in [0.15, 0.2) is 0 Å². The average molecular weight is 360 g/mol. The second kappa shape index (κ2) is 9.32. The zero-order chi connectivity index (χ0) is 18.9. The number of ether oxygens (including phenoxy) is 1. The molecule has 0 aliphatic heterocycles. The number of hydrogen-bond donors (Lipinski definition) is 1. The number of amides is 1. The lowest BCUT2D eigenvalue weighted by molar-refractivity contribution is 0.0948. The maximum Gasteiger partial charge on any atom is 0.251 e. The molecule has 0 aliphatic rings. The number of carbonyl (C=O) groups excluding carboxylic acids is 1. The normalized spacial score (nSPS) is 10.1. The Bertz CT molecular complexity index is 941. The number of nitrogens with one attached hydrogen (secondary N) is 1. The van der Waals surface area contributed by atoms with Gasteiger partial charge in [-0.05, 0) is 42.8 Å². The molecule has 1 aromatic carbocycles. The molecule has 2 aromatic heterocycles. The van der Waals surface area contributed by atoms with Crippen molar-refractivity contribution in [3.05, 3.63) is 77.9 Å². The van der Waals surface area contributed by atoms with Crippen molar-refractivity contribution in [2.75, 3.05) is 20.3 Å². The second-order valence-electron chi connectivity index (χ2n) is 5.78. The van der Waals surface area contributed by atoms with E-state index in [9.17, 15) is 4.79 Å². The fraction of sp³-hybridized carbons (Fsp3) is 0.190. The molecule has 0 spiro atoms. The van der Waals surface area contributed by atoms with Crippen LogP contribution in [-0.4, -0.2) is 40.9 Å². The van der Waals surface area contributed by atoms with Crippen LogP contribution in [0.1, 0.15) is 27.9 Å². The highest BCUT2D eigenvalue weighted by molar-refractivity contribution is 5.95. The number of nitrogens with zero attached hydrogens (tertiary/aromatic N) is 3. The minimum absolute atomic E-state index is 0.137. The average Bonchev–Trinajstić information content (AvgIpc) is 3.25. The van der Waals surface area contributed by atoms with Crippen molar-refractivity contribution in [1.29, 1.82) is 0 Å². The number of hydrogen-bond acceptors (Lipinski definition) is 4. The van der Waals surface area contributed by atoms with Crippen LogP contribution in [-0.2, 0) is 4.74 Å². The van der Waals surface area contributed by atoms with Gasteiger partial charge in [0.2, 0.25) is 0 Å². The molecule has 0 saturated carbocycles. The van der Waals surface area contributed by atoms with Gasteiger partial charge in [0.25, 0.3) is 5.91 Å². The molecule has 6 nitrogen and oxygen atoms in total. The summed E-state index contributed by atoms with van der Waals surface area (Å²) in [7, 11) is 1.64. The van der Waals surface area contributed by atoms with Gasteiger partial charge in [-0.15, -0.1) is 0 Å². The minimum Gasteiger partial charge on any atom is -0.385 e. The molecule has 6 heteroatoms. The molecule has 3 aromatic rings. The van der Waals surface area contributed by atoms with Crippen molar-refractivity contribution in [2.45, 2.75) is 6.42 Å². The van der Waals surface area contributed by atoms with Gasteiger partial charge in [0, 0.05) is 56.2 Å². The van der Waals surface area contributed by atoms with E-state index in [1.54, 1.807) is 42.5 Å². The van der Waals surface area contributed by atoms with Crippen molar-refractivity contribution in [2.24, 2.45) is 0 Å². The summed E-state index contributed by atoms with van der Waals surface area (Å²) in [5, 5.41) is 7.16. The summed E-state index contributed by atoms with van der Waals surface area (Å²) in [5.41, 5.74) is 2.89. The third-order valence-corrected chi connectivity index (χ3v) is 3.82. The number of benzene rings is 1. The summed E-state index contributed by atoms with van der Waals surface area (Å²) in [6, 6.07) is 11.0. The molecule has 0 bridgehead atoms. The maximum atomic E-state index is 12.4. The van der Waals surface area contributed by atoms with Crippen molar-refractivity contribution >= 4 is 5.91 Å². The predicted octanol–water partition coefficient (Wildman–Crippen LogP) is 2.43. The summed E-state index contributed by atoms with van der Waals surface area (Å²) in [5.74, 6) is 6.09. The lowest BCUT2D eigenvalue weighted by Crippen LogP contribution is -2.25. The smallest absolute Gasteiger partial charge is 0.251 e. The number of carbonyl (C=O) groups is 1. The van der Waals surface area contributed by atoms with Crippen LogP contribution in [0.5, 0.6) is 0 Å². The third kappa shape index (κ3) is 5.03. The summed E-state index contributed by atoms with van der Waals surface area (Å²) in [4.78, 5) is 16.5. The summed E-state index contributed by atoms with van der Waals surface area (Å²) >= 11 is 0. The largest absolute Gasteiger partial charge is 0.385 e. The highest BCUT2D eigenvalue weighted by Gasteiger charge is 2.10. The number of pyridine rings is 1. The molecule has 27 heavy (non-hydrogen) atoms. The van der Waals surface area contributed by atoms with Gasteiger partial charge in [0.05, 0.1) is 11.3 Å². The maximum absolute atomic E-state index is 12.4. The van der Waals surface area contributed by atoms with Crippen LogP contribution in [0, 0.1) is 11.8 Å². The lowest BCUT2D eigenvalue weighted by atomic mass is 10.1. The summed E-state index contributed by atoms with van der Waals surface area (Å²) in [6.07, 6.45) is 7.72. The van der Waals surface area contributed by atoms with Gasteiger partial charge in [-0.3, -0.25) is 9.78 Å². The van der Waals surface area contributed by atoms with E-state index in [1.807, 2.05) is 30.5 Å². The van der Waals surface area contributed by atoms with Crippen molar-refractivity contribution in [1.82, 2.24) is 20.1 Å². The van der Waals surface area contributed by atoms with Crippen LogP contribution in [0.2, 0.25) is 0 Å². The van der Waals surface area contributed by atoms with Crippen LogP contribution in [0.4, 0.5) is 0 Å². The first-order valence-electron chi connectivity index (χ1n) is 8.61. The van der Waals surface area contributed by atoms with E-state index >= 15 is 0 Å². The van der Waals surface area contributed by atoms with E-state index in [0.717, 1.165) is 17.7 Å². The quantitative estimate of drug-likeness (QED) is 0.541. The fourth-order valence-electron chi connectivity index (χ4n) is 2.49. The Labute approximate surface area is 158 Å². The molecule has 136 valence electrons. The van der Waals surface area contributed by atoms with Crippen molar-refractivity contribution in [3.63, 3.8) is 0 Å². The van der Waals surface area contributed by atoms with Gasteiger partial charge in [-0.1, -0.05) is 11.8 Å². The zero-order valence-electron chi connectivity index (χ0n) is 15.1. The fourth-order valence-corrected chi connectivity index (χ4v) is 2.49. The molecule has 0 atom stereocenters. The molecule has 0 unspecified atom stereocenters. The van der Waals surface area contributed by atoms with E-state index in [2.05, 4.69) is 27.2 Å². The predicted molar refractivity (Wildman–Crippen MR) is 103 cm³/mol. The molecule has 0 fully saturated rings. The Hall–Kier alpha value is -3.43. The first kappa shape index (κ1) is 18.4. The monoisotopic (exact) mass is 360 g/mol. The van der Waals surface area contributed by atoms with Gasteiger partial charge in [0.1, 0.15) is 0 Å². The Kier molecular flexibility index (Phi) is 6.34. The van der Waals surface area contributed by atoms with E-state index in [1.165, 1.54) is 0 Å². The molecule has 0 radical (unpaired) electrons. The minimum atomic E-state index is -0.137. The van der Waals surface area contributed by atoms with Gasteiger partial charge < -0.3 is 10.1 Å². The Morgan fingerprint density at radius 3 is 2.89 bits per heavy atom.